The second kappa shape index (κ2) is 6.15. The summed E-state index contributed by atoms with van der Waals surface area (Å²) in [5.41, 5.74) is 4.78. The summed E-state index contributed by atoms with van der Waals surface area (Å²) in [7, 11) is 0. The van der Waals surface area contributed by atoms with E-state index in [0.29, 0.717) is 11.5 Å². The third kappa shape index (κ3) is 2.79. The lowest BCUT2D eigenvalue weighted by atomic mass is 9.70. The fourth-order valence-electron chi connectivity index (χ4n) is 4.28. The summed E-state index contributed by atoms with van der Waals surface area (Å²) in [6, 6.07) is 9.09. The Labute approximate surface area is 143 Å². The Hall–Kier alpha value is -1.97. The van der Waals surface area contributed by atoms with Gasteiger partial charge in [0, 0.05) is 29.5 Å². The van der Waals surface area contributed by atoms with Crippen molar-refractivity contribution in [2.24, 2.45) is 21.8 Å². The smallest absolute Gasteiger partial charge is 0.240 e. The molecular weight excluding hydrogens is 300 g/mol. The fourth-order valence-corrected chi connectivity index (χ4v) is 4.28. The third-order valence-corrected chi connectivity index (χ3v) is 6.50. The van der Waals surface area contributed by atoms with Crippen molar-refractivity contribution in [1.29, 1.82) is 0 Å². The van der Waals surface area contributed by atoms with Crippen LogP contribution in [0.15, 0.2) is 35.4 Å². The van der Waals surface area contributed by atoms with Crippen molar-refractivity contribution in [2.75, 3.05) is 0 Å². The first-order valence-electron chi connectivity index (χ1n) is 8.79. The Bertz CT molecular complexity index is 678. The van der Waals surface area contributed by atoms with Gasteiger partial charge in [0.1, 0.15) is 0 Å². The highest BCUT2D eigenvalue weighted by Gasteiger charge is 2.59. The monoisotopic (exact) mass is 326 g/mol. The lowest BCUT2D eigenvalue weighted by molar-refractivity contribution is -0.121. The van der Waals surface area contributed by atoms with Crippen LogP contribution in [0.3, 0.4) is 0 Å². The molecule has 0 spiro atoms. The minimum absolute atomic E-state index is 0.00794. The highest BCUT2D eigenvalue weighted by atomic mass is 16.2. The van der Waals surface area contributed by atoms with Crippen molar-refractivity contribution in [3.63, 3.8) is 0 Å². The highest BCUT2D eigenvalue weighted by molar-refractivity contribution is 5.98. The largest absolute Gasteiger partial charge is 0.294 e. The maximum Gasteiger partial charge on any atom is 0.240 e. The van der Waals surface area contributed by atoms with Crippen molar-refractivity contribution < 1.29 is 9.59 Å². The fraction of sp³-hybridized carbons (Fsp3) is 0.550. The van der Waals surface area contributed by atoms with Crippen molar-refractivity contribution in [3.05, 3.63) is 35.9 Å². The summed E-state index contributed by atoms with van der Waals surface area (Å²) in [4.78, 5) is 24.1. The van der Waals surface area contributed by atoms with Gasteiger partial charge in [0.25, 0.3) is 0 Å². The molecule has 0 aromatic heterocycles. The summed E-state index contributed by atoms with van der Waals surface area (Å²) in [6.45, 7) is 6.89. The Morgan fingerprint density at radius 1 is 1.17 bits per heavy atom. The molecule has 0 radical (unpaired) electrons. The zero-order valence-electron chi connectivity index (χ0n) is 14.8. The number of hydrazone groups is 1. The molecule has 1 aromatic rings. The lowest BCUT2D eigenvalue weighted by Crippen LogP contribution is -2.34. The van der Waals surface area contributed by atoms with Crippen LogP contribution in [0.25, 0.3) is 0 Å². The number of hydrogen-bond donors (Lipinski definition) is 1. The van der Waals surface area contributed by atoms with Crippen molar-refractivity contribution in [1.82, 2.24) is 5.43 Å². The van der Waals surface area contributed by atoms with E-state index in [1.165, 1.54) is 6.42 Å². The second-order valence-corrected chi connectivity index (χ2v) is 7.88. The van der Waals surface area contributed by atoms with Crippen LogP contribution in [-0.4, -0.2) is 17.4 Å². The van der Waals surface area contributed by atoms with Crippen LogP contribution in [0.2, 0.25) is 0 Å². The lowest BCUT2D eigenvalue weighted by Gasteiger charge is -2.34. The molecule has 0 unspecified atom stereocenters. The molecule has 2 aliphatic carbocycles. The second-order valence-electron chi connectivity index (χ2n) is 7.88. The van der Waals surface area contributed by atoms with Gasteiger partial charge in [-0.15, -0.1) is 0 Å². The molecule has 128 valence electrons. The van der Waals surface area contributed by atoms with Gasteiger partial charge in [-0.3, -0.25) is 9.59 Å². The number of amides is 1. The molecule has 2 saturated carbocycles. The number of nitrogens with zero attached hydrogens (tertiary/aromatic N) is 1. The number of hydrogen-bond acceptors (Lipinski definition) is 3. The van der Waals surface area contributed by atoms with E-state index in [1.54, 1.807) is 12.1 Å². The van der Waals surface area contributed by atoms with Crippen LogP contribution in [0.5, 0.6) is 0 Å². The van der Waals surface area contributed by atoms with Gasteiger partial charge in [0.05, 0.1) is 0 Å². The molecule has 2 atom stereocenters. The van der Waals surface area contributed by atoms with Gasteiger partial charge < -0.3 is 0 Å². The van der Waals surface area contributed by atoms with Crippen LogP contribution >= 0.6 is 0 Å². The minimum atomic E-state index is -0.184. The minimum Gasteiger partial charge on any atom is -0.294 e. The highest BCUT2D eigenvalue weighted by Crippen LogP contribution is 2.63. The number of carbonyl (C=O) groups is 2. The molecule has 4 heteroatoms. The molecule has 0 heterocycles. The van der Waals surface area contributed by atoms with Crippen molar-refractivity contribution in [3.8, 4) is 0 Å². The number of ketones is 1. The molecule has 2 bridgehead atoms. The van der Waals surface area contributed by atoms with Gasteiger partial charge in [-0.05, 0) is 30.6 Å². The van der Waals surface area contributed by atoms with E-state index in [4.69, 9.17) is 0 Å². The first-order chi connectivity index (χ1) is 11.3. The number of rotatable bonds is 5. The first kappa shape index (κ1) is 16.9. The van der Waals surface area contributed by atoms with E-state index < -0.39 is 0 Å². The summed E-state index contributed by atoms with van der Waals surface area (Å²) < 4.78 is 0. The Morgan fingerprint density at radius 3 is 2.46 bits per heavy atom. The number of carbonyl (C=O) groups excluding carboxylic acids is 2. The van der Waals surface area contributed by atoms with Crippen molar-refractivity contribution >= 4 is 17.4 Å². The zero-order valence-corrected chi connectivity index (χ0v) is 14.8. The molecule has 2 aliphatic rings. The number of nitrogens with one attached hydrogen (secondary N) is 1. The third-order valence-electron chi connectivity index (χ3n) is 6.50. The normalized spacial score (nSPS) is 29.0. The van der Waals surface area contributed by atoms with Crippen molar-refractivity contribution in [2.45, 2.75) is 52.9 Å². The van der Waals surface area contributed by atoms with Gasteiger partial charge in [-0.2, -0.15) is 5.10 Å². The van der Waals surface area contributed by atoms with Gasteiger partial charge in [0.15, 0.2) is 5.78 Å². The van der Waals surface area contributed by atoms with Gasteiger partial charge >= 0.3 is 0 Å². The number of benzene rings is 1. The van der Waals surface area contributed by atoms with E-state index in [-0.39, 0.29) is 35.4 Å². The van der Waals surface area contributed by atoms with Crippen LogP contribution in [0.4, 0.5) is 0 Å². The molecule has 1 aromatic carbocycles. The molecule has 3 rings (SSSR count). The van der Waals surface area contributed by atoms with Gasteiger partial charge in [-0.25, -0.2) is 5.43 Å². The molecule has 24 heavy (non-hydrogen) atoms. The molecule has 1 amide bonds. The zero-order chi connectivity index (χ0) is 17.4. The Balaban J connectivity index is 1.54. The summed E-state index contributed by atoms with van der Waals surface area (Å²) in [5, 5.41) is 4.43. The average Bonchev–Trinajstić information content (AvgIpc) is 2.91. The maximum atomic E-state index is 12.0. The molecule has 4 nitrogen and oxygen atoms in total. The summed E-state index contributed by atoms with van der Waals surface area (Å²) in [6.07, 6.45) is 3.76. The topological polar surface area (TPSA) is 58.5 Å². The summed E-state index contributed by atoms with van der Waals surface area (Å²) in [5.74, 6) is 0.472. The van der Waals surface area contributed by atoms with Crippen LogP contribution in [-0.2, 0) is 4.79 Å². The van der Waals surface area contributed by atoms with E-state index in [1.807, 2.05) is 18.2 Å². The predicted molar refractivity (Wildman–Crippen MR) is 94.8 cm³/mol. The number of fused-ring (bicyclic) bond motifs is 2. The summed E-state index contributed by atoms with van der Waals surface area (Å²) >= 11 is 0. The first-order valence-corrected chi connectivity index (χ1v) is 8.79. The predicted octanol–water partition coefficient (Wildman–Crippen LogP) is 3.97. The van der Waals surface area contributed by atoms with E-state index in [0.717, 1.165) is 18.6 Å². The molecule has 0 aliphatic heterocycles. The molecule has 0 saturated heterocycles. The Kier molecular flexibility index (Phi) is 4.33. The van der Waals surface area contributed by atoms with Gasteiger partial charge in [0.2, 0.25) is 5.91 Å². The SMILES string of the molecule is CC1(C)[C@H]2CC[C@]1(C)/C(=N/NC(=O)CCC(=O)c1ccccc1)C2. The molecule has 2 fully saturated rings. The van der Waals surface area contributed by atoms with Crippen LogP contribution in [0, 0.1) is 16.7 Å². The van der Waals surface area contributed by atoms with Crippen LogP contribution < -0.4 is 5.43 Å². The number of Topliss-reactive ketones (excluding diaryl/α,β-unsaturated/α-hetero) is 1. The van der Waals surface area contributed by atoms with E-state index >= 15 is 0 Å². The Morgan fingerprint density at radius 2 is 1.88 bits per heavy atom. The quantitative estimate of drug-likeness (QED) is 0.657. The average molecular weight is 326 g/mol. The van der Waals surface area contributed by atoms with E-state index in [2.05, 4.69) is 31.3 Å². The standard InChI is InChI=1S/C20H26N2O2/c1-19(2)15-11-12-20(19,3)17(13-15)21-22-18(24)10-9-16(23)14-7-5-4-6-8-14/h4-8,15H,9-13H2,1-3H3,(H,22,24)/b21-17+/t15-,20+/m0/s1. The molecular formula is C20H26N2O2. The maximum absolute atomic E-state index is 12.0. The van der Waals surface area contributed by atoms with Crippen LogP contribution in [0.1, 0.15) is 63.2 Å². The van der Waals surface area contributed by atoms with E-state index in [9.17, 15) is 9.59 Å². The molecule has 1 N–H and O–H groups in total. The van der Waals surface area contributed by atoms with Gasteiger partial charge in [-0.1, -0.05) is 51.1 Å².